The molecule has 0 aromatic rings. The van der Waals surface area contributed by atoms with Crippen LogP contribution in [0, 0.1) is 0 Å². The number of rotatable bonds is 49. The number of nitrogens with one attached hydrogen (secondary N) is 7. The number of aliphatic hydroxyl groups is 1. The highest BCUT2D eigenvalue weighted by Gasteiger charge is 2.16. The first kappa shape index (κ1) is 70.2. The number of alkyl carbamates (subject to hydrolysis) is 1. The van der Waals surface area contributed by atoms with Crippen LogP contribution in [-0.4, -0.2) is 197 Å². The minimum absolute atomic E-state index is 0.0611. The lowest BCUT2D eigenvalue weighted by Crippen LogP contribution is -2.34. The normalized spacial score (nSPS) is 11.6. The lowest BCUT2D eigenvalue weighted by atomic mass is 10.2. The van der Waals surface area contributed by atoms with Crippen LogP contribution in [0.4, 0.5) is 4.79 Å². The maximum absolute atomic E-state index is 12.3. The number of carbonyl (C=O) groups excluding carboxylic acids is 8. The van der Waals surface area contributed by atoms with Crippen LogP contribution < -0.4 is 37.2 Å². The number of ether oxygens (including phenoxy) is 5. The lowest BCUT2D eigenvalue weighted by molar-refractivity contribution is -0.166. The second kappa shape index (κ2) is 47.7. The Balaban J connectivity index is 3.61. The van der Waals surface area contributed by atoms with Gasteiger partial charge in [0.15, 0.2) is 0 Å². The van der Waals surface area contributed by atoms with E-state index in [0.717, 1.165) is 32.1 Å². The van der Waals surface area contributed by atoms with E-state index < -0.39 is 29.7 Å². The first-order chi connectivity index (χ1) is 35.9. The van der Waals surface area contributed by atoms with Crippen LogP contribution in [0.2, 0.25) is 0 Å². The van der Waals surface area contributed by atoms with Crippen molar-refractivity contribution in [3.05, 3.63) is 0 Å². The van der Waals surface area contributed by atoms with Gasteiger partial charge in [-0.2, -0.15) is 0 Å². The molecule has 25 heteroatoms. The molecule has 0 aliphatic heterocycles. The van der Waals surface area contributed by atoms with E-state index in [2.05, 4.69) is 37.2 Å². The average molecular weight is 1080 g/mol. The first-order valence-electron chi connectivity index (χ1n) is 26.9. The molecule has 25 nitrogen and oxygen atoms in total. The minimum atomic E-state index is -0.688. The maximum atomic E-state index is 12.3. The predicted octanol–water partition coefficient (Wildman–Crippen LogP) is 1.93. The topological polar surface area (TPSA) is 334 Å². The quantitative estimate of drug-likeness (QED) is 0.0180. The number of hydrogen-bond acceptors (Lipinski definition) is 17. The highest BCUT2D eigenvalue weighted by Crippen LogP contribution is 2.07. The largest absolute Gasteiger partial charge is 0.444 e. The number of unbranched alkanes of at least 4 members (excludes halogenated alkanes) is 8. The van der Waals surface area contributed by atoms with Crippen molar-refractivity contribution in [2.24, 2.45) is 0 Å². The summed E-state index contributed by atoms with van der Waals surface area (Å²) in [5.41, 5.74) is -0.541. The smallest absolute Gasteiger partial charge is 0.407 e. The SMILES string of the molecule is CC(=O)N(O)CCCCCNC(=O)CCC(=O)NCCCCCNC(=O)CCC(=O)N(O)CCCCCNC(=O)CCC(=O)NCCCCCNC(O)CCOCCOCCOCCOCCNC(=O)OC(C)(C)C. The van der Waals surface area contributed by atoms with Crippen molar-refractivity contribution < 1.29 is 77.6 Å². The Morgan fingerprint density at radius 3 is 1.17 bits per heavy atom. The van der Waals surface area contributed by atoms with E-state index in [1.807, 2.05) is 0 Å². The number of nitrogens with zero attached hydrogens (tertiary/aromatic N) is 2. The van der Waals surface area contributed by atoms with E-state index in [4.69, 9.17) is 23.7 Å². The van der Waals surface area contributed by atoms with Gasteiger partial charge in [-0.05, 0) is 97.9 Å². The molecule has 0 bridgehead atoms. The third-order valence-corrected chi connectivity index (χ3v) is 10.7. The van der Waals surface area contributed by atoms with E-state index in [1.165, 1.54) is 6.92 Å². The van der Waals surface area contributed by atoms with Gasteiger partial charge in [-0.15, -0.1) is 0 Å². The third kappa shape index (κ3) is 49.9. The molecule has 0 aromatic carbocycles. The van der Waals surface area contributed by atoms with E-state index >= 15 is 0 Å². The number of amides is 8. The molecule has 0 rings (SSSR count). The summed E-state index contributed by atoms with van der Waals surface area (Å²) in [5.74, 6) is -2.16. The van der Waals surface area contributed by atoms with Crippen molar-refractivity contribution in [2.45, 2.75) is 162 Å². The van der Waals surface area contributed by atoms with Gasteiger partial charge in [-0.1, -0.05) is 6.42 Å². The molecule has 1 atom stereocenters. The summed E-state index contributed by atoms with van der Waals surface area (Å²) < 4.78 is 26.9. The molecule has 0 radical (unpaired) electrons. The van der Waals surface area contributed by atoms with Gasteiger partial charge in [0.1, 0.15) is 11.8 Å². The second-order valence-corrected chi connectivity index (χ2v) is 18.8. The van der Waals surface area contributed by atoms with Crippen LogP contribution >= 0.6 is 0 Å². The summed E-state index contributed by atoms with van der Waals surface area (Å²) in [7, 11) is 0. The number of carbonyl (C=O) groups is 8. The van der Waals surface area contributed by atoms with Gasteiger partial charge in [0, 0.05) is 104 Å². The molecule has 0 saturated heterocycles. The van der Waals surface area contributed by atoms with E-state index in [0.29, 0.717) is 160 Å². The van der Waals surface area contributed by atoms with E-state index in [1.54, 1.807) is 20.8 Å². The van der Waals surface area contributed by atoms with Gasteiger partial charge in [0.25, 0.3) is 0 Å². The molecule has 1 unspecified atom stereocenters. The molecule has 0 saturated carbocycles. The zero-order valence-corrected chi connectivity index (χ0v) is 45.6. The van der Waals surface area contributed by atoms with Gasteiger partial charge in [0.05, 0.1) is 52.9 Å². The summed E-state index contributed by atoms with van der Waals surface area (Å²) in [6.45, 7) is 13.4. The van der Waals surface area contributed by atoms with Crippen LogP contribution in [-0.2, 0) is 57.2 Å². The van der Waals surface area contributed by atoms with Crippen LogP contribution in [0.1, 0.15) is 150 Å². The zero-order valence-electron chi connectivity index (χ0n) is 45.6. The monoisotopic (exact) mass is 1080 g/mol. The summed E-state index contributed by atoms with van der Waals surface area (Å²) >= 11 is 0. The number of hydroxylamine groups is 4. The molecule has 0 spiro atoms. The van der Waals surface area contributed by atoms with Crippen molar-refractivity contribution >= 4 is 47.4 Å². The highest BCUT2D eigenvalue weighted by atomic mass is 16.6. The molecule has 0 aliphatic carbocycles. The molecule has 75 heavy (non-hydrogen) atoms. The van der Waals surface area contributed by atoms with E-state index in [-0.39, 0.29) is 81.2 Å². The lowest BCUT2D eigenvalue weighted by Gasteiger charge is -2.19. The van der Waals surface area contributed by atoms with Gasteiger partial charge in [-0.3, -0.25) is 49.3 Å². The first-order valence-corrected chi connectivity index (χ1v) is 26.9. The average Bonchev–Trinajstić information content (AvgIpc) is 3.36. The molecule has 436 valence electrons. The fourth-order valence-electron chi connectivity index (χ4n) is 6.51. The number of aliphatic hydroxyl groups excluding tert-OH is 1. The summed E-state index contributed by atoms with van der Waals surface area (Å²) in [6.07, 6.45) is 7.75. The number of hydrogen-bond donors (Lipinski definition) is 10. The summed E-state index contributed by atoms with van der Waals surface area (Å²) in [4.78, 5) is 95.2. The van der Waals surface area contributed by atoms with Gasteiger partial charge in [0.2, 0.25) is 41.4 Å². The van der Waals surface area contributed by atoms with Crippen LogP contribution in [0.3, 0.4) is 0 Å². The fourth-order valence-corrected chi connectivity index (χ4v) is 6.51. The van der Waals surface area contributed by atoms with Crippen molar-refractivity contribution in [3.8, 4) is 0 Å². The standard InChI is InChI=1S/C50H95N9O16/c1-41(60)58(69)31-15-7-13-28-53-44(63)19-17-42(61)51-24-9-5-11-26-55-46(65)21-22-48(67)59(70)32-16-8-14-29-54-45(64)20-18-43(62)52-25-10-6-12-27-56-47(66)23-33-71-35-37-73-39-40-74-38-36-72-34-30-57-49(68)75-50(2,3)4/h47,56,66,69-70H,5-40H2,1-4H3,(H,51,61)(H,52,62)(H,53,63)(H,54,64)(H,55,65)(H,57,68). The molecular formula is C50H95N9O16. The van der Waals surface area contributed by atoms with Crippen LogP contribution in [0.5, 0.6) is 0 Å². The Bertz CT molecular complexity index is 1560. The van der Waals surface area contributed by atoms with Crippen LogP contribution in [0.25, 0.3) is 0 Å². The van der Waals surface area contributed by atoms with E-state index in [9.17, 15) is 53.9 Å². The molecule has 8 amide bonds. The molecular weight excluding hydrogens is 983 g/mol. The fraction of sp³-hybridized carbons (Fsp3) is 0.840. The predicted molar refractivity (Wildman–Crippen MR) is 277 cm³/mol. The van der Waals surface area contributed by atoms with Crippen LogP contribution in [0.15, 0.2) is 0 Å². The Hall–Kier alpha value is -4.76. The van der Waals surface area contributed by atoms with Crippen molar-refractivity contribution in [3.63, 3.8) is 0 Å². The molecule has 0 aliphatic rings. The third-order valence-electron chi connectivity index (χ3n) is 10.7. The van der Waals surface area contributed by atoms with Gasteiger partial charge in [-0.25, -0.2) is 14.9 Å². The van der Waals surface area contributed by atoms with Crippen molar-refractivity contribution in [1.82, 2.24) is 47.3 Å². The highest BCUT2D eigenvalue weighted by molar-refractivity contribution is 5.84. The maximum Gasteiger partial charge on any atom is 0.407 e. The second-order valence-electron chi connectivity index (χ2n) is 18.8. The van der Waals surface area contributed by atoms with Crippen molar-refractivity contribution in [1.29, 1.82) is 0 Å². The Labute approximate surface area is 444 Å². The van der Waals surface area contributed by atoms with Gasteiger partial charge >= 0.3 is 6.09 Å². The Kier molecular flexibility index (Phi) is 44.6. The Morgan fingerprint density at radius 2 is 0.773 bits per heavy atom. The minimum Gasteiger partial charge on any atom is -0.444 e. The van der Waals surface area contributed by atoms with Crippen molar-refractivity contribution in [2.75, 3.05) is 112 Å². The Morgan fingerprint density at radius 1 is 0.427 bits per heavy atom. The zero-order chi connectivity index (χ0) is 55.8. The molecule has 10 N–H and O–H groups in total. The summed E-state index contributed by atoms with van der Waals surface area (Å²) in [5, 5.41) is 50.3. The molecule has 0 aromatic heterocycles. The molecule has 0 fully saturated rings. The molecule has 0 heterocycles. The van der Waals surface area contributed by atoms with Gasteiger partial charge < -0.3 is 60.7 Å². The summed E-state index contributed by atoms with van der Waals surface area (Å²) in [6, 6.07) is 0.